The summed E-state index contributed by atoms with van der Waals surface area (Å²) >= 11 is 9.11. The summed E-state index contributed by atoms with van der Waals surface area (Å²) in [7, 11) is 0. The fraction of sp³-hybridized carbons (Fsp3) is 0. The van der Waals surface area contributed by atoms with Crippen LogP contribution in [0.15, 0.2) is 33.5 Å². The number of rotatable bonds is 1. The zero-order valence-corrected chi connectivity index (χ0v) is 10.1. The van der Waals surface area contributed by atoms with Crippen LogP contribution >= 0.6 is 27.5 Å². The second kappa shape index (κ2) is 3.57. The molecule has 0 aromatic carbocycles. The third-order valence-electron chi connectivity index (χ3n) is 2.09. The molecule has 0 aliphatic rings. The molecule has 0 fully saturated rings. The van der Waals surface area contributed by atoms with E-state index in [9.17, 15) is 0 Å². The van der Waals surface area contributed by atoms with Crippen molar-refractivity contribution >= 4 is 33.2 Å². The normalized spacial score (nSPS) is 11.1. The molecule has 0 amide bonds. The van der Waals surface area contributed by atoms with Crippen molar-refractivity contribution in [2.45, 2.75) is 0 Å². The summed E-state index contributed by atoms with van der Waals surface area (Å²) in [4.78, 5) is 0. The van der Waals surface area contributed by atoms with Crippen LogP contribution in [0, 0.1) is 0 Å². The van der Waals surface area contributed by atoms with E-state index in [2.05, 4.69) is 31.2 Å². The molecule has 0 unspecified atom stereocenters. The van der Waals surface area contributed by atoms with Gasteiger partial charge in [-0.25, -0.2) is 0 Å². The molecule has 0 aliphatic heterocycles. The first-order chi connectivity index (χ1) is 7.75. The summed E-state index contributed by atoms with van der Waals surface area (Å²) in [5, 5.41) is 12.5. The molecular weight excluding hydrogens is 295 g/mol. The van der Waals surface area contributed by atoms with Gasteiger partial charge in [-0.3, -0.25) is 0 Å². The predicted molar refractivity (Wildman–Crippen MR) is 61.2 cm³/mol. The molecule has 3 rings (SSSR count). The molecule has 80 valence electrons. The molecule has 3 aromatic heterocycles. The molecule has 0 atom stereocenters. The van der Waals surface area contributed by atoms with Crippen molar-refractivity contribution in [3.8, 4) is 11.4 Å². The number of halogens is 2. The van der Waals surface area contributed by atoms with Crippen LogP contribution in [0.4, 0.5) is 0 Å². The molecule has 5 nitrogen and oxygen atoms in total. The highest BCUT2D eigenvalue weighted by molar-refractivity contribution is 9.10. The van der Waals surface area contributed by atoms with Crippen molar-refractivity contribution in [2.24, 2.45) is 0 Å². The zero-order chi connectivity index (χ0) is 11.1. The number of fused-ring (bicyclic) bond motifs is 1. The second-order valence-electron chi connectivity index (χ2n) is 3.06. The molecule has 0 spiro atoms. The molecule has 0 bridgehead atoms. The van der Waals surface area contributed by atoms with Gasteiger partial charge in [-0.05, 0) is 34.1 Å². The van der Waals surface area contributed by atoms with Gasteiger partial charge in [-0.15, -0.1) is 10.2 Å². The average molecular weight is 300 g/mol. The van der Waals surface area contributed by atoms with E-state index in [1.807, 2.05) is 0 Å². The van der Waals surface area contributed by atoms with Crippen LogP contribution < -0.4 is 0 Å². The summed E-state index contributed by atoms with van der Waals surface area (Å²) < 4.78 is 7.30. The van der Waals surface area contributed by atoms with Crippen LogP contribution in [-0.4, -0.2) is 19.8 Å². The standard InChI is InChI=1S/C9H4BrClN4O/c10-8-5(3-4-16-8)9-13-12-7-2-1-6(11)14-15(7)9/h1-4H. The van der Waals surface area contributed by atoms with Gasteiger partial charge in [0.05, 0.1) is 11.8 Å². The summed E-state index contributed by atoms with van der Waals surface area (Å²) in [6.45, 7) is 0. The summed E-state index contributed by atoms with van der Waals surface area (Å²) in [6.07, 6.45) is 1.56. The molecule has 0 radical (unpaired) electrons. The molecular formula is C9H4BrClN4O. The fourth-order valence-corrected chi connectivity index (χ4v) is 1.94. The van der Waals surface area contributed by atoms with Crippen LogP contribution in [0.25, 0.3) is 17.0 Å². The Morgan fingerprint density at radius 3 is 2.88 bits per heavy atom. The topological polar surface area (TPSA) is 56.2 Å². The van der Waals surface area contributed by atoms with Crippen LogP contribution in [0.1, 0.15) is 0 Å². The monoisotopic (exact) mass is 298 g/mol. The molecule has 0 saturated carbocycles. The first kappa shape index (κ1) is 9.80. The molecule has 0 aliphatic carbocycles. The Kier molecular flexibility index (Phi) is 2.19. The van der Waals surface area contributed by atoms with E-state index in [1.54, 1.807) is 29.0 Å². The van der Waals surface area contributed by atoms with Gasteiger partial charge in [0.1, 0.15) is 5.15 Å². The Balaban J connectivity index is 2.32. The van der Waals surface area contributed by atoms with Gasteiger partial charge < -0.3 is 4.42 Å². The first-order valence-corrected chi connectivity index (χ1v) is 5.54. The summed E-state index contributed by atoms with van der Waals surface area (Å²) in [5.74, 6) is 0.582. The Bertz CT molecular complexity index is 662. The Labute approximate surface area is 103 Å². The number of aromatic nitrogens is 4. The van der Waals surface area contributed by atoms with Crippen LogP contribution in [-0.2, 0) is 0 Å². The van der Waals surface area contributed by atoms with E-state index < -0.39 is 0 Å². The van der Waals surface area contributed by atoms with E-state index in [4.69, 9.17) is 16.0 Å². The van der Waals surface area contributed by atoms with E-state index in [-0.39, 0.29) is 0 Å². The maximum absolute atomic E-state index is 5.83. The SMILES string of the molecule is Clc1ccc2nnc(-c3ccoc3Br)n2n1. The maximum Gasteiger partial charge on any atom is 0.189 e. The lowest BCUT2D eigenvalue weighted by Gasteiger charge is -1.96. The lowest BCUT2D eigenvalue weighted by molar-refractivity contribution is 0.542. The number of hydrogen-bond donors (Lipinski definition) is 0. The average Bonchev–Trinajstić information content (AvgIpc) is 2.83. The number of hydrogen-bond acceptors (Lipinski definition) is 4. The summed E-state index contributed by atoms with van der Waals surface area (Å²) in [5.41, 5.74) is 1.41. The van der Waals surface area contributed by atoms with E-state index in [0.29, 0.717) is 21.3 Å². The van der Waals surface area contributed by atoms with Crippen molar-refractivity contribution in [1.29, 1.82) is 0 Å². The van der Waals surface area contributed by atoms with Gasteiger partial charge in [-0.1, -0.05) is 11.6 Å². The minimum absolute atomic E-state index is 0.383. The van der Waals surface area contributed by atoms with Gasteiger partial charge in [0.25, 0.3) is 0 Å². The van der Waals surface area contributed by atoms with Crippen molar-refractivity contribution in [1.82, 2.24) is 19.8 Å². The highest BCUT2D eigenvalue weighted by atomic mass is 79.9. The molecule has 3 heterocycles. The molecule has 16 heavy (non-hydrogen) atoms. The lowest BCUT2D eigenvalue weighted by atomic mass is 10.3. The van der Waals surface area contributed by atoms with E-state index in [0.717, 1.165) is 5.56 Å². The Morgan fingerprint density at radius 2 is 2.12 bits per heavy atom. The highest BCUT2D eigenvalue weighted by Gasteiger charge is 2.14. The van der Waals surface area contributed by atoms with Crippen LogP contribution in [0.3, 0.4) is 0 Å². The van der Waals surface area contributed by atoms with Crippen molar-refractivity contribution in [3.63, 3.8) is 0 Å². The largest absolute Gasteiger partial charge is 0.457 e. The van der Waals surface area contributed by atoms with Crippen LogP contribution in [0.2, 0.25) is 5.15 Å². The first-order valence-electron chi connectivity index (χ1n) is 4.37. The Morgan fingerprint density at radius 1 is 1.25 bits per heavy atom. The van der Waals surface area contributed by atoms with Gasteiger partial charge in [0.2, 0.25) is 0 Å². The van der Waals surface area contributed by atoms with Gasteiger partial charge in [0.15, 0.2) is 16.1 Å². The molecule has 0 saturated heterocycles. The van der Waals surface area contributed by atoms with Gasteiger partial charge in [-0.2, -0.15) is 9.61 Å². The Hall–Kier alpha value is -1.40. The minimum atomic E-state index is 0.383. The van der Waals surface area contributed by atoms with Crippen molar-refractivity contribution < 1.29 is 4.42 Å². The van der Waals surface area contributed by atoms with E-state index >= 15 is 0 Å². The number of furan rings is 1. The lowest BCUT2D eigenvalue weighted by Crippen LogP contribution is -1.94. The maximum atomic E-state index is 5.83. The quantitative estimate of drug-likeness (QED) is 0.693. The third-order valence-corrected chi connectivity index (χ3v) is 2.90. The minimum Gasteiger partial charge on any atom is -0.457 e. The third kappa shape index (κ3) is 1.42. The van der Waals surface area contributed by atoms with Crippen molar-refractivity contribution in [3.05, 3.63) is 34.3 Å². The molecule has 7 heteroatoms. The second-order valence-corrected chi connectivity index (χ2v) is 4.17. The molecule has 3 aromatic rings. The van der Waals surface area contributed by atoms with E-state index in [1.165, 1.54) is 0 Å². The zero-order valence-electron chi connectivity index (χ0n) is 7.76. The smallest absolute Gasteiger partial charge is 0.189 e. The predicted octanol–water partition coefficient (Wildman–Crippen LogP) is 2.80. The molecule has 0 N–H and O–H groups in total. The van der Waals surface area contributed by atoms with Gasteiger partial charge in [0, 0.05) is 0 Å². The highest BCUT2D eigenvalue weighted by Crippen LogP contribution is 2.27. The van der Waals surface area contributed by atoms with Crippen LogP contribution in [0.5, 0.6) is 0 Å². The van der Waals surface area contributed by atoms with Gasteiger partial charge >= 0.3 is 0 Å². The fourth-order valence-electron chi connectivity index (χ4n) is 1.39. The number of nitrogens with zero attached hydrogens (tertiary/aromatic N) is 4. The van der Waals surface area contributed by atoms with Crippen molar-refractivity contribution in [2.75, 3.05) is 0 Å². The summed E-state index contributed by atoms with van der Waals surface area (Å²) in [6, 6.07) is 5.20.